The first-order valence-electron chi connectivity index (χ1n) is 6.32. The Bertz CT molecular complexity index is 604. The molecule has 20 heavy (non-hydrogen) atoms. The number of aromatic nitrogens is 2. The average molecular weight is 268 g/mol. The summed E-state index contributed by atoms with van der Waals surface area (Å²) >= 11 is 0. The van der Waals surface area contributed by atoms with Crippen molar-refractivity contribution in [1.82, 2.24) is 9.97 Å². The molecule has 1 heterocycles. The number of aryl methyl sites for hydroxylation is 1. The van der Waals surface area contributed by atoms with Crippen LogP contribution < -0.4 is 9.64 Å². The molecule has 0 saturated carbocycles. The van der Waals surface area contributed by atoms with Gasteiger partial charge in [-0.15, -0.1) is 0 Å². The number of anilines is 1. The van der Waals surface area contributed by atoms with Gasteiger partial charge >= 0.3 is 0 Å². The molecular weight excluding hydrogens is 252 g/mol. The first-order valence-corrected chi connectivity index (χ1v) is 6.32. The molecule has 5 nitrogen and oxygen atoms in total. The molecule has 5 heteroatoms. The quantitative estimate of drug-likeness (QED) is 0.831. The SMILES string of the molecule is Cc1ccccc1OCCN(C)c1cnc(C#N)cn1. The van der Waals surface area contributed by atoms with Crippen LogP contribution in [0, 0.1) is 18.3 Å². The summed E-state index contributed by atoms with van der Waals surface area (Å²) in [7, 11) is 1.91. The van der Waals surface area contributed by atoms with Crippen LogP contribution in [-0.4, -0.2) is 30.2 Å². The van der Waals surface area contributed by atoms with Gasteiger partial charge in [-0.25, -0.2) is 9.97 Å². The van der Waals surface area contributed by atoms with Crippen LogP contribution >= 0.6 is 0 Å². The molecule has 2 rings (SSSR count). The molecule has 1 aromatic heterocycles. The molecule has 0 unspecified atom stereocenters. The van der Waals surface area contributed by atoms with Crippen molar-refractivity contribution in [1.29, 1.82) is 5.26 Å². The number of rotatable bonds is 5. The Kier molecular flexibility index (Phi) is 4.51. The Labute approximate surface area is 118 Å². The summed E-state index contributed by atoms with van der Waals surface area (Å²) in [4.78, 5) is 10.1. The van der Waals surface area contributed by atoms with Gasteiger partial charge in [-0.3, -0.25) is 0 Å². The summed E-state index contributed by atoms with van der Waals surface area (Å²) < 4.78 is 5.73. The highest BCUT2D eigenvalue weighted by atomic mass is 16.5. The number of hydrogen-bond donors (Lipinski definition) is 0. The minimum atomic E-state index is 0.318. The molecule has 0 amide bonds. The fraction of sp³-hybridized carbons (Fsp3) is 0.267. The van der Waals surface area contributed by atoms with Crippen LogP contribution in [0.2, 0.25) is 0 Å². The van der Waals surface area contributed by atoms with Crippen molar-refractivity contribution in [2.45, 2.75) is 6.92 Å². The monoisotopic (exact) mass is 268 g/mol. The molecule has 0 aliphatic rings. The lowest BCUT2D eigenvalue weighted by atomic mass is 10.2. The lowest BCUT2D eigenvalue weighted by Gasteiger charge is -2.18. The second kappa shape index (κ2) is 6.53. The molecule has 2 aromatic rings. The van der Waals surface area contributed by atoms with Crippen molar-refractivity contribution in [2.24, 2.45) is 0 Å². The highest BCUT2D eigenvalue weighted by Crippen LogP contribution is 2.16. The van der Waals surface area contributed by atoms with Gasteiger partial charge in [0.2, 0.25) is 0 Å². The Morgan fingerprint density at radius 1 is 1.25 bits per heavy atom. The molecule has 0 fully saturated rings. The zero-order chi connectivity index (χ0) is 14.4. The van der Waals surface area contributed by atoms with Crippen molar-refractivity contribution in [3.63, 3.8) is 0 Å². The number of nitriles is 1. The standard InChI is InChI=1S/C15H16N4O/c1-12-5-3-4-6-14(12)20-8-7-19(2)15-11-17-13(9-16)10-18-15/h3-6,10-11H,7-8H2,1-2H3. The zero-order valence-electron chi connectivity index (χ0n) is 11.6. The topological polar surface area (TPSA) is 62.0 Å². The second-order valence-corrected chi connectivity index (χ2v) is 4.41. The zero-order valence-corrected chi connectivity index (χ0v) is 11.6. The molecule has 0 aliphatic carbocycles. The van der Waals surface area contributed by atoms with Gasteiger partial charge in [-0.1, -0.05) is 18.2 Å². The van der Waals surface area contributed by atoms with E-state index in [9.17, 15) is 0 Å². The molecular formula is C15H16N4O. The average Bonchev–Trinajstić information content (AvgIpc) is 2.49. The summed E-state index contributed by atoms with van der Waals surface area (Å²) in [6, 6.07) is 9.86. The van der Waals surface area contributed by atoms with Crippen LogP contribution in [0.1, 0.15) is 11.3 Å². The van der Waals surface area contributed by atoms with Gasteiger partial charge in [0.1, 0.15) is 24.2 Å². The maximum atomic E-state index is 8.67. The van der Waals surface area contributed by atoms with Gasteiger partial charge in [0.25, 0.3) is 0 Å². The van der Waals surface area contributed by atoms with Crippen LogP contribution in [-0.2, 0) is 0 Å². The minimum absolute atomic E-state index is 0.318. The molecule has 0 aliphatic heterocycles. The summed E-state index contributed by atoms with van der Waals surface area (Å²) in [6.45, 7) is 3.27. The predicted octanol–water partition coefficient (Wildman–Crippen LogP) is 2.17. The number of ether oxygens (including phenoxy) is 1. The number of para-hydroxylation sites is 1. The maximum Gasteiger partial charge on any atom is 0.158 e. The highest BCUT2D eigenvalue weighted by Gasteiger charge is 2.04. The number of nitrogens with zero attached hydrogens (tertiary/aromatic N) is 4. The van der Waals surface area contributed by atoms with E-state index in [0.717, 1.165) is 17.1 Å². The van der Waals surface area contributed by atoms with E-state index in [1.54, 1.807) is 6.20 Å². The largest absolute Gasteiger partial charge is 0.491 e. The number of benzene rings is 1. The second-order valence-electron chi connectivity index (χ2n) is 4.41. The third-order valence-corrected chi connectivity index (χ3v) is 2.92. The molecule has 0 bridgehead atoms. The van der Waals surface area contributed by atoms with Gasteiger partial charge in [0.15, 0.2) is 5.69 Å². The summed E-state index contributed by atoms with van der Waals surface area (Å²) in [6.07, 6.45) is 3.06. The van der Waals surface area contributed by atoms with Gasteiger partial charge in [0, 0.05) is 7.05 Å². The van der Waals surface area contributed by atoms with Gasteiger partial charge in [-0.2, -0.15) is 5.26 Å². The van der Waals surface area contributed by atoms with Crippen molar-refractivity contribution >= 4 is 5.82 Å². The van der Waals surface area contributed by atoms with Crippen LogP contribution in [0.4, 0.5) is 5.82 Å². The van der Waals surface area contributed by atoms with E-state index >= 15 is 0 Å². The lowest BCUT2D eigenvalue weighted by Crippen LogP contribution is -2.24. The van der Waals surface area contributed by atoms with E-state index in [1.165, 1.54) is 6.20 Å². The fourth-order valence-corrected chi connectivity index (χ4v) is 1.70. The van der Waals surface area contributed by atoms with Crippen LogP contribution in [0.15, 0.2) is 36.7 Å². The Hall–Kier alpha value is -2.61. The van der Waals surface area contributed by atoms with E-state index in [4.69, 9.17) is 10.00 Å². The highest BCUT2D eigenvalue weighted by molar-refractivity contribution is 5.36. The summed E-state index contributed by atoms with van der Waals surface area (Å²) in [5.74, 6) is 1.61. The normalized spacial score (nSPS) is 9.85. The molecule has 0 radical (unpaired) electrons. The lowest BCUT2D eigenvalue weighted by molar-refractivity contribution is 0.323. The predicted molar refractivity (Wildman–Crippen MR) is 76.7 cm³/mol. The fourth-order valence-electron chi connectivity index (χ4n) is 1.70. The van der Waals surface area contributed by atoms with Crippen LogP contribution in [0.25, 0.3) is 0 Å². The molecule has 0 atom stereocenters. The molecule has 0 N–H and O–H groups in total. The smallest absolute Gasteiger partial charge is 0.158 e. The number of likely N-dealkylation sites (N-methyl/N-ethyl adjacent to an activating group) is 1. The third-order valence-electron chi connectivity index (χ3n) is 2.92. The van der Waals surface area contributed by atoms with Gasteiger partial charge in [-0.05, 0) is 18.6 Å². The molecule has 1 aromatic carbocycles. The Morgan fingerprint density at radius 3 is 2.70 bits per heavy atom. The van der Waals surface area contributed by atoms with E-state index in [0.29, 0.717) is 18.8 Å². The van der Waals surface area contributed by atoms with E-state index in [-0.39, 0.29) is 0 Å². The van der Waals surface area contributed by atoms with Crippen LogP contribution in [0.3, 0.4) is 0 Å². The van der Waals surface area contributed by atoms with Gasteiger partial charge < -0.3 is 9.64 Å². The Balaban J connectivity index is 1.87. The minimum Gasteiger partial charge on any atom is -0.491 e. The summed E-state index contributed by atoms with van der Waals surface area (Å²) in [5, 5.41) is 8.67. The third kappa shape index (κ3) is 3.45. The summed E-state index contributed by atoms with van der Waals surface area (Å²) in [5.41, 5.74) is 1.44. The van der Waals surface area contributed by atoms with Crippen molar-refractivity contribution in [2.75, 3.05) is 25.1 Å². The van der Waals surface area contributed by atoms with E-state index < -0.39 is 0 Å². The first kappa shape index (κ1) is 13.8. The van der Waals surface area contributed by atoms with E-state index in [1.807, 2.05) is 49.2 Å². The maximum absolute atomic E-state index is 8.67. The van der Waals surface area contributed by atoms with Crippen molar-refractivity contribution in [3.8, 4) is 11.8 Å². The Morgan fingerprint density at radius 2 is 2.05 bits per heavy atom. The molecule has 0 spiro atoms. The van der Waals surface area contributed by atoms with Crippen molar-refractivity contribution in [3.05, 3.63) is 47.9 Å². The molecule has 102 valence electrons. The van der Waals surface area contributed by atoms with Crippen molar-refractivity contribution < 1.29 is 4.74 Å². The van der Waals surface area contributed by atoms with Crippen LogP contribution in [0.5, 0.6) is 5.75 Å². The van der Waals surface area contributed by atoms with Gasteiger partial charge in [0.05, 0.1) is 18.9 Å². The first-order chi connectivity index (χ1) is 9.70. The van der Waals surface area contributed by atoms with E-state index in [2.05, 4.69) is 9.97 Å². The molecule has 0 saturated heterocycles. The number of hydrogen-bond acceptors (Lipinski definition) is 5.